The van der Waals surface area contributed by atoms with Crippen LogP contribution in [0.15, 0.2) is 0 Å². The third kappa shape index (κ3) is 6.19. The van der Waals surface area contributed by atoms with Crippen molar-refractivity contribution in [2.75, 3.05) is 33.1 Å². The maximum atomic E-state index is 12.8. The fourth-order valence-electron chi connectivity index (χ4n) is 2.81. The van der Waals surface area contributed by atoms with E-state index in [1.165, 1.54) is 0 Å². The molecule has 0 aromatic heterocycles. The first-order chi connectivity index (χ1) is 12.3. The Balaban J connectivity index is 2.82. The molecule has 0 aromatic rings. The molecule has 0 aromatic carbocycles. The van der Waals surface area contributed by atoms with E-state index >= 15 is 0 Å². The van der Waals surface area contributed by atoms with Crippen molar-refractivity contribution in [1.82, 2.24) is 26.3 Å². The summed E-state index contributed by atoms with van der Waals surface area (Å²) in [6.07, 6.45) is 1.16. The summed E-state index contributed by atoms with van der Waals surface area (Å²) in [5, 5.41) is 17.2. The van der Waals surface area contributed by atoms with Gasteiger partial charge in [0.15, 0.2) is 0 Å². The summed E-state index contributed by atoms with van der Waals surface area (Å²) in [6.45, 7) is 9.73. The summed E-state index contributed by atoms with van der Waals surface area (Å²) in [7, 11) is 1.94. The quantitative estimate of drug-likeness (QED) is 0.235. The number of carbonyl (C=O) groups excluding carboxylic acids is 3. The molecular weight excluding hydrogens is 337 g/mol. The molecule has 0 bridgehead atoms. The molecule has 0 unspecified atom stereocenters. The Kier molecular flexibility index (Phi) is 8.90. The average molecular weight is 367 g/mol. The number of amides is 3. The normalized spacial score (nSPS) is 17.9. The van der Waals surface area contributed by atoms with Gasteiger partial charge < -0.3 is 0 Å². The van der Waals surface area contributed by atoms with Crippen LogP contribution < -0.4 is 21.4 Å². The molecule has 1 atom stereocenters. The van der Waals surface area contributed by atoms with E-state index < -0.39 is 23.4 Å². The summed E-state index contributed by atoms with van der Waals surface area (Å²) in [6, 6.07) is -0.824. The van der Waals surface area contributed by atoms with Crippen LogP contribution in [0.1, 0.15) is 26.7 Å². The topological polar surface area (TPSA) is 123 Å². The van der Waals surface area contributed by atoms with Gasteiger partial charge in [0, 0.05) is 0 Å². The number of hydrogen-bond donors (Lipinski definition) is 5. The Bertz CT molecular complexity index is 521. The van der Waals surface area contributed by atoms with Crippen molar-refractivity contribution >= 4 is 31.1 Å². The SMILES string of the molecule is C=BCNC(=O)CNC(=O)C1(NC(=O)[C@@H](NO)C(C)C)CCN(C)CC1. The van der Waals surface area contributed by atoms with E-state index in [4.69, 9.17) is 0 Å². The fraction of sp³-hybridized carbons (Fsp3) is 0.750. The van der Waals surface area contributed by atoms with E-state index in [0.29, 0.717) is 32.4 Å². The first kappa shape index (κ1) is 22.3. The molecule has 1 saturated heterocycles. The Morgan fingerprint density at radius 2 is 1.85 bits per heavy atom. The van der Waals surface area contributed by atoms with Crippen LogP contribution in [-0.4, -0.2) is 85.9 Å². The first-order valence-corrected chi connectivity index (χ1v) is 8.82. The zero-order chi connectivity index (χ0) is 19.7. The van der Waals surface area contributed by atoms with Gasteiger partial charge in [-0.3, -0.25) is 0 Å². The molecule has 1 rings (SSSR count). The number of hydroxylamine groups is 1. The first-order valence-electron chi connectivity index (χ1n) is 8.82. The van der Waals surface area contributed by atoms with E-state index in [1.54, 1.807) is 20.8 Å². The van der Waals surface area contributed by atoms with Crippen LogP contribution in [0.5, 0.6) is 0 Å². The molecule has 9 nitrogen and oxygen atoms in total. The monoisotopic (exact) mass is 367 g/mol. The molecule has 3 amide bonds. The van der Waals surface area contributed by atoms with Crippen LogP contribution in [0.2, 0.25) is 0 Å². The predicted octanol–water partition coefficient (Wildman–Crippen LogP) is -2.10. The van der Waals surface area contributed by atoms with Crippen molar-refractivity contribution in [3.05, 3.63) is 0 Å². The molecule has 146 valence electrons. The second kappa shape index (κ2) is 10.4. The van der Waals surface area contributed by atoms with Crippen molar-refractivity contribution in [2.24, 2.45) is 5.92 Å². The van der Waals surface area contributed by atoms with Crippen LogP contribution in [0.3, 0.4) is 0 Å². The summed E-state index contributed by atoms with van der Waals surface area (Å²) >= 11 is 0. The maximum absolute atomic E-state index is 12.8. The Labute approximate surface area is 155 Å². The van der Waals surface area contributed by atoms with Crippen molar-refractivity contribution in [1.29, 1.82) is 0 Å². The molecule has 26 heavy (non-hydrogen) atoms. The third-order valence-electron chi connectivity index (χ3n) is 4.58. The third-order valence-corrected chi connectivity index (χ3v) is 4.58. The van der Waals surface area contributed by atoms with Crippen LogP contribution in [0, 0.1) is 5.92 Å². The molecule has 1 heterocycles. The van der Waals surface area contributed by atoms with Gasteiger partial charge in [-0.1, -0.05) is 0 Å². The van der Waals surface area contributed by atoms with Crippen LogP contribution >= 0.6 is 0 Å². The van der Waals surface area contributed by atoms with Gasteiger partial charge in [0.05, 0.1) is 0 Å². The number of rotatable bonds is 9. The van der Waals surface area contributed by atoms with E-state index in [9.17, 15) is 19.6 Å². The van der Waals surface area contributed by atoms with Crippen LogP contribution in [-0.2, 0) is 14.4 Å². The van der Waals surface area contributed by atoms with E-state index in [0.717, 1.165) is 0 Å². The fourth-order valence-corrected chi connectivity index (χ4v) is 2.81. The van der Waals surface area contributed by atoms with E-state index in [2.05, 4.69) is 27.3 Å². The van der Waals surface area contributed by atoms with Crippen LogP contribution in [0.4, 0.5) is 0 Å². The summed E-state index contributed by atoms with van der Waals surface area (Å²) in [5.41, 5.74) is 0.897. The Morgan fingerprint density at radius 1 is 1.23 bits per heavy atom. The van der Waals surface area contributed by atoms with Gasteiger partial charge in [-0.05, 0) is 0 Å². The average Bonchev–Trinajstić information content (AvgIpc) is 2.60. The van der Waals surface area contributed by atoms with Gasteiger partial charge in [-0.15, -0.1) is 0 Å². The Hall–Kier alpha value is -1.78. The molecule has 1 aliphatic rings. The van der Waals surface area contributed by atoms with Gasteiger partial charge in [-0.2, -0.15) is 0 Å². The predicted molar refractivity (Wildman–Crippen MR) is 100 cm³/mol. The molecule has 0 saturated carbocycles. The Morgan fingerprint density at radius 3 is 2.35 bits per heavy atom. The second-order valence-corrected chi connectivity index (χ2v) is 7.00. The minimum atomic E-state index is -1.10. The van der Waals surface area contributed by atoms with Gasteiger partial charge in [-0.25, -0.2) is 0 Å². The minimum absolute atomic E-state index is 0.156. The molecule has 5 N–H and O–H groups in total. The summed E-state index contributed by atoms with van der Waals surface area (Å²) in [5.74, 6) is -1.33. The van der Waals surface area contributed by atoms with Crippen molar-refractivity contribution < 1.29 is 19.6 Å². The van der Waals surface area contributed by atoms with Crippen molar-refractivity contribution in [3.8, 4) is 0 Å². The number of piperidine rings is 1. The molecule has 1 fully saturated rings. The molecule has 0 radical (unpaired) electrons. The molecular formula is C16H30BN5O4. The molecule has 0 spiro atoms. The van der Waals surface area contributed by atoms with Gasteiger partial charge in [0.2, 0.25) is 0 Å². The number of hydrogen-bond acceptors (Lipinski definition) is 6. The molecule has 0 aliphatic carbocycles. The molecule has 10 heteroatoms. The zero-order valence-electron chi connectivity index (χ0n) is 15.8. The zero-order valence-corrected chi connectivity index (χ0v) is 15.8. The van der Waals surface area contributed by atoms with E-state index in [-0.39, 0.29) is 18.4 Å². The van der Waals surface area contributed by atoms with Gasteiger partial charge in [0.1, 0.15) is 0 Å². The van der Waals surface area contributed by atoms with Gasteiger partial charge in [0.25, 0.3) is 0 Å². The van der Waals surface area contributed by atoms with Gasteiger partial charge >= 0.3 is 154 Å². The number of nitrogens with zero attached hydrogens (tertiary/aromatic N) is 1. The number of likely N-dealkylation sites (tertiary alicyclic amines) is 1. The van der Waals surface area contributed by atoms with E-state index in [1.807, 2.05) is 12.5 Å². The van der Waals surface area contributed by atoms with Crippen molar-refractivity contribution in [3.63, 3.8) is 0 Å². The second-order valence-electron chi connectivity index (χ2n) is 7.00. The molecule has 1 aliphatic heterocycles. The standard InChI is InChI=1S/C16H30BN5O4/c1-11(2)13(21-26)14(24)20-16(5-7-22(4)8-6-16)15(25)18-9-12(23)19-10-17-3/h11,13,21,26H,3,5-10H2,1-2,4H3,(H,18,25)(H,19,23)(H,20,24)/t13-/m0/s1. The van der Waals surface area contributed by atoms with Crippen LogP contribution in [0.25, 0.3) is 0 Å². The summed E-state index contributed by atoms with van der Waals surface area (Å²) in [4.78, 5) is 39.1. The number of carbonyl (C=O) groups is 3. The summed E-state index contributed by atoms with van der Waals surface area (Å²) < 4.78 is 0. The number of nitrogens with one attached hydrogen (secondary N) is 4. The van der Waals surface area contributed by atoms with Crippen molar-refractivity contribution in [2.45, 2.75) is 38.3 Å².